The Balaban J connectivity index is 2.21. The van der Waals surface area contributed by atoms with E-state index in [-0.39, 0.29) is 11.5 Å². The fourth-order valence-corrected chi connectivity index (χ4v) is 4.04. The molecule has 0 heterocycles. The Hall–Kier alpha value is -0.910. The normalized spacial score (nSPS) is 18.6. The summed E-state index contributed by atoms with van der Waals surface area (Å²) in [7, 11) is -3.55. The van der Waals surface area contributed by atoms with Crippen LogP contribution in [0.3, 0.4) is 0 Å². The maximum Gasteiger partial charge on any atom is 0.241 e. The van der Waals surface area contributed by atoms with Gasteiger partial charge in [-0.3, -0.25) is 0 Å². The molecule has 1 fully saturated rings. The Morgan fingerprint density at radius 3 is 2.26 bits per heavy atom. The van der Waals surface area contributed by atoms with Crippen molar-refractivity contribution >= 4 is 10.0 Å². The zero-order valence-electron chi connectivity index (χ0n) is 11.2. The van der Waals surface area contributed by atoms with E-state index in [9.17, 15) is 13.5 Å². The highest BCUT2D eigenvalue weighted by Crippen LogP contribution is 2.30. The van der Waals surface area contributed by atoms with Crippen molar-refractivity contribution in [2.24, 2.45) is 0 Å². The number of sulfonamides is 1. The molecular formula is C14H21NO3S. The summed E-state index contributed by atoms with van der Waals surface area (Å²) in [6.45, 7) is 1.89. The second-order valence-corrected chi connectivity index (χ2v) is 6.93. The highest BCUT2D eigenvalue weighted by molar-refractivity contribution is 7.89. The van der Waals surface area contributed by atoms with Gasteiger partial charge in [0, 0.05) is 0 Å². The lowest BCUT2D eigenvalue weighted by molar-refractivity contribution is 0.185. The SMILES string of the molecule is CCc1ccc(S(=O)(=O)NC2(CO)CCCC2)cc1. The van der Waals surface area contributed by atoms with E-state index in [0.717, 1.165) is 24.8 Å². The van der Waals surface area contributed by atoms with Gasteiger partial charge >= 0.3 is 0 Å². The molecule has 1 aliphatic rings. The number of rotatable bonds is 5. The second kappa shape index (κ2) is 5.61. The maximum absolute atomic E-state index is 12.3. The molecule has 2 N–H and O–H groups in total. The molecule has 2 rings (SSSR count). The Labute approximate surface area is 114 Å². The molecule has 0 radical (unpaired) electrons. The van der Waals surface area contributed by atoms with Crippen molar-refractivity contribution in [1.82, 2.24) is 4.72 Å². The summed E-state index contributed by atoms with van der Waals surface area (Å²) in [5.74, 6) is 0. The summed E-state index contributed by atoms with van der Waals surface area (Å²) < 4.78 is 27.4. The molecule has 0 amide bonds. The Morgan fingerprint density at radius 2 is 1.79 bits per heavy atom. The number of aryl methyl sites for hydroxylation is 1. The van der Waals surface area contributed by atoms with Gasteiger partial charge in [-0.1, -0.05) is 31.9 Å². The molecule has 1 saturated carbocycles. The highest BCUT2D eigenvalue weighted by Gasteiger charge is 2.37. The van der Waals surface area contributed by atoms with Crippen molar-refractivity contribution < 1.29 is 13.5 Å². The van der Waals surface area contributed by atoms with Gasteiger partial charge in [-0.05, 0) is 37.0 Å². The molecule has 1 aromatic rings. The van der Waals surface area contributed by atoms with Crippen molar-refractivity contribution in [1.29, 1.82) is 0 Å². The van der Waals surface area contributed by atoms with Crippen LogP contribution in [-0.2, 0) is 16.4 Å². The van der Waals surface area contributed by atoms with E-state index in [4.69, 9.17) is 0 Å². The monoisotopic (exact) mass is 283 g/mol. The van der Waals surface area contributed by atoms with Crippen LogP contribution in [0.4, 0.5) is 0 Å². The van der Waals surface area contributed by atoms with Crippen LogP contribution in [0.5, 0.6) is 0 Å². The summed E-state index contributed by atoms with van der Waals surface area (Å²) >= 11 is 0. The largest absolute Gasteiger partial charge is 0.394 e. The third kappa shape index (κ3) is 3.16. The van der Waals surface area contributed by atoms with Crippen molar-refractivity contribution in [3.63, 3.8) is 0 Å². The van der Waals surface area contributed by atoms with Crippen LogP contribution in [-0.4, -0.2) is 25.7 Å². The van der Waals surface area contributed by atoms with Gasteiger partial charge < -0.3 is 5.11 Å². The summed E-state index contributed by atoms with van der Waals surface area (Å²) in [6.07, 6.45) is 4.20. The minimum atomic E-state index is -3.55. The first-order valence-corrected chi connectivity index (χ1v) is 8.23. The van der Waals surface area contributed by atoms with E-state index in [2.05, 4.69) is 4.72 Å². The van der Waals surface area contributed by atoms with Gasteiger partial charge in [-0.25, -0.2) is 13.1 Å². The Kier molecular flexibility index (Phi) is 4.28. The lowest BCUT2D eigenvalue weighted by Gasteiger charge is -2.27. The van der Waals surface area contributed by atoms with Gasteiger partial charge in [-0.15, -0.1) is 0 Å². The summed E-state index contributed by atoms with van der Waals surface area (Å²) in [5, 5.41) is 9.48. The highest BCUT2D eigenvalue weighted by atomic mass is 32.2. The van der Waals surface area contributed by atoms with E-state index in [1.165, 1.54) is 0 Å². The first-order chi connectivity index (χ1) is 9.01. The van der Waals surface area contributed by atoms with Gasteiger partial charge in [0.05, 0.1) is 17.0 Å². The molecule has 1 aromatic carbocycles. The maximum atomic E-state index is 12.3. The number of aliphatic hydroxyl groups is 1. The number of aliphatic hydroxyl groups excluding tert-OH is 1. The lowest BCUT2D eigenvalue weighted by Crippen LogP contribution is -2.49. The van der Waals surface area contributed by atoms with Crippen molar-refractivity contribution in [3.8, 4) is 0 Å². The average molecular weight is 283 g/mol. The van der Waals surface area contributed by atoms with Gasteiger partial charge in [-0.2, -0.15) is 0 Å². The molecule has 1 aliphatic carbocycles. The topological polar surface area (TPSA) is 66.4 Å². The zero-order valence-corrected chi connectivity index (χ0v) is 12.0. The van der Waals surface area contributed by atoms with Gasteiger partial charge in [0.15, 0.2) is 0 Å². The molecule has 0 bridgehead atoms. The molecule has 19 heavy (non-hydrogen) atoms. The zero-order chi connectivity index (χ0) is 13.9. The van der Waals surface area contributed by atoms with Crippen molar-refractivity contribution in [2.75, 3.05) is 6.61 Å². The molecule has 5 heteroatoms. The van der Waals surface area contributed by atoms with Crippen LogP contribution in [0.2, 0.25) is 0 Å². The van der Waals surface area contributed by atoms with Crippen LogP contribution in [0.15, 0.2) is 29.2 Å². The molecule has 4 nitrogen and oxygen atoms in total. The molecular weight excluding hydrogens is 262 g/mol. The van der Waals surface area contributed by atoms with Crippen LogP contribution < -0.4 is 4.72 Å². The second-order valence-electron chi connectivity index (χ2n) is 5.25. The fraction of sp³-hybridized carbons (Fsp3) is 0.571. The minimum Gasteiger partial charge on any atom is -0.394 e. The van der Waals surface area contributed by atoms with E-state index < -0.39 is 15.6 Å². The predicted molar refractivity (Wildman–Crippen MR) is 74.4 cm³/mol. The van der Waals surface area contributed by atoms with E-state index in [0.29, 0.717) is 12.8 Å². The van der Waals surface area contributed by atoms with Crippen molar-refractivity contribution in [2.45, 2.75) is 49.5 Å². The van der Waals surface area contributed by atoms with Crippen LogP contribution in [0.1, 0.15) is 38.2 Å². The number of nitrogens with one attached hydrogen (secondary N) is 1. The number of hydrogen-bond donors (Lipinski definition) is 2. The molecule has 0 atom stereocenters. The van der Waals surface area contributed by atoms with E-state index in [1.54, 1.807) is 12.1 Å². The molecule has 0 aliphatic heterocycles. The Bertz CT molecular complexity index is 516. The Morgan fingerprint density at radius 1 is 1.21 bits per heavy atom. The van der Waals surface area contributed by atoms with Crippen LogP contribution in [0.25, 0.3) is 0 Å². The van der Waals surface area contributed by atoms with E-state index in [1.807, 2.05) is 19.1 Å². The lowest BCUT2D eigenvalue weighted by atomic mass is 10.0. The predicted octanol–water partition coefficient (Wildman–Crippen LogP) is 1.83. The van der Waals surface area contributed by atoms with Crippen molar-refractivity contribution in [3.05, 3.63) is 29.8 Å². The number of hydrogen-bond acceptors (Lipinski definition) is 3. The van der Waals surface area contributed by atoms with Crippen LogP contribution >= 0.6 is 0 Å². The summed E-state index contributed by atoms with van der Waals surface area (Å²) in [5.41, 5.74) is 0.444. The number of benzene rings is 1. The standard InChI is InChI=1S/C14H21NO3S/c1-2-12-5-7-13(8-6-12)19(17,18)15-14(11-16)9-3-4-10-14/h5-8,15-16H,2-4,9-11H2,1H3. The summed E-state index contributed by atoms with van der Waals surface area (Å²) in [6, 6.07) is 6.91. The third-order valence-electron chi connectivity index (χ3n) is 3.86. The van der Waals surface area contributed by atoms with E-state index >= 15 is 0 Å². The summed E-state index contributed by atoms with van der Waals surface area (Å²) in [4.78, 5) is 0.268. The first kappa shape index (κ1) is 14.5. The van der Waals surface area contributed by atoms with Crippen LogP contribution in [0, 0.1) is 0 Å². The quantitative estimate of drug-likeness (QED) is 0.866. The molecule has 0 aromatic heterocycles. The third-order valence-corrected chi connectivity index (χ3v) is 5.45. The smallest absolute Gasteiger partial charge is 0.241 e. The molecule has 106 valence electrons. The molecule has 0 spiro atoms. The first-order valence-electron chi connectivity index (χ1n) is 6.75. The average Bonchev–Trinajstić information content (AvgIpc) is 2.87. The molecule has 0 unspecified atom stereocenters. The van der Waals surface area contributed by atoms with Gasteiger partial charge in [0.1, 0.15) is 0 Å². The van der Waals surface area contributed by atoms with Gasteiger partial charge in [0.25, 0.3) is 0 Å². The fourth-order valence-electron chi connectivity index (χ4n) is 2.59. The minimum absolute atomic E-state index is 0.140. The van der Waals surface area contributed by atoms with Gasteiger partial charge in [0.2, 0.25) is 10.0 Å². The molecule has 0 saturated heterocycles.